The Morgan fingerprint density at radius 2 is 1.76 bits per heavy atom. The average Bonchev–Trinajstić information content (AvgIpc) is 2.51. The van der Waals surface area contributed by atoms with Gasteiger partial charge in [-0.3, -0.25) is 4.79 Å². The predicted octanol–water partition coefficient (Wildman–Crippen LogP) is 5.68. The smallest absolute Gasteiger partial charge is 0.147 e. The normalized spacial score (nSPS) is 17.6. The Labute approximate surface area is 138 Å². The van der Waals surface area contributed by atoms with E-state index in [9.17, 15) is 4.79 Å². The van der Waals surface area contributed by atoms with Crippen molar-refractivity contribution < 1.29 is 4.79 Å². The maximum absolute atomic E-state index is 11.3. The maximum atomic E-state index is 11.3. The minimum Gasteiger partial charge on any atom is -0.298 e. The van der Waals surface area contributed by atoms with Gasteiger partial charge in [0.25, 0.3) is 0 Å². The maximum Gasteiger partial charge on any atom is 0.147 e. The van der Waals surface area contributed by atoms with Crippen LogP contribution < -0.4 is 0 Å². The van der Waals surface area contributed by atoms with E-state index in [0.717, 1.165) is 23.0 Å². The molecular weight excluding hydrogens is 327 g/mol. The lowest BCUT2D eigenvalue weighted by Gasteiger charge is -2.26. The Morgan fingerprint density at radius 3 is 2.48 bits per heavy atom. The Morgan fingerprint density at radius 1 is 1.00 bits per heavy atom. The van der Waals surface area contributed by atoms with Gasteiger partial charge in [0.2, 0.25) is 0 Å². The molecule has 0 heterocycles. The summed E-state index contributed by atoms with van der Waals surface area (Å²) < 4.78 is 0. The molecule has 0 saturated heterocycles. The van der Waals surface area contributed by atoms with E-state index in [4.69, 9.17) is 34.8 Å². The summed E-state index contributed by atoms with van der Waals surface area (Å²) in [6.07, 6.45) is 1.40. The van der Waals surface area contributed by atoms with Gasteiger partial charge in [0.05, 0.1) is 15.1 Å². The third-order valence-electron chi connectivity index (χ3n) is 3.77. The number of hydrogen-bond acceptors (Lipinski definition) is 1. The highest BCUT2D eigenvalue weighted by atomic mass is 35.5. The van der Waals surface area contributed by atoms with Gasteiger partial charge in [-0.05, 0) is 35.2 Å². The molecule has 3 rings (SSSR count). The minimum atomic E-state index is 0.0543. The van der Waals surface area contributed by atoms with Crippen LogP contribution >= 0.6 is 34.8 Å². The van der Waals surface area contributed by atoms with Gasteiger partial charge in [-0.2, -0.15) is 0 Å². The van der Waals surface area contributed by atoms with Crippen LogP contribution in [-0.2, 0) is 4.79 Å². The molecule has 0 saturated carbocycles. The van der Waals surface area contributed by atoms with E-state index < -0.39 is 0 Å². The van der Waals surface area contributed by atoms with E-state index in [0.29, 0.717) is 27.1 Å². The molecule has 0 radical (unpaired) electrons. The summed E-state index contributed by atoms with van der Waals surface area (Å²) >= 11 is 18.4. The zero-order valence-corrected chi connectivity index (χ0v) is 13.2. The third kappa shape index (κ3) is 2.62. The molecule has 1 aliphatic carbocycles. The molecule has 21 heavy (non-hydrogen) atoms. The van der Waals surface area contributed by atoms with Crippen molar-refractivity contribution >= 4 is 46.1 Å². The number of benzene rings is 2. The largest absolute Gasteiger partial charge is 0.298 e. The van der Waals surface area contributed by atoms with Crippen molar-refractivity contribution in [2.75, 3.05) is 0 Å². The summed E-state index contributed by atoms with van der Waals surface area (Å²) in [5.74, 6) is 0.0543. The van der Waals surface area contributed by atoms with Gasteiger partial charge in [0, 0.05) is 11.5 Å². The fourth-order valence-corrected chi connectivity index (χ4v) is 3.32. The molecule has 1 aliphatic rings. The molecule has 0 N–H and O–H groups in total. The van der Waals surface area contributed by atoms with Crippen LogP contribution in [0.15, 0.2) is 48.0 Å². The van der Waals surface area contributed by atoms with Crippen molar-refractivity contribution in [1.29, 1.82) is 0 Å². The molecule has 1 nitrogen and oxygen atoms in total. The van der Waals surface area contributed by atoms with Gasteiger partial charge in [0.1, 0.15) is 6.29 Å². The zero-order chi connectivity index (χ0) is 15.0. The van der Waals surface area contributed by atoms with Gasteiger partial charge in [-0.25, -0.2) is 0 Å². The molecule has 0 fully saturated rings. The van der Waals surface area contributed by atoms with E-state index in [2.05, 4.69) is 0 Å². The van der Waals surface area contributed by atoms with E-state index >= 15 is 0 Å². The Bertz CT molecular complexity index is 749. The fourth-order valence-electron chi connectivity index (χ4n) is 2.72. The molecular formula is C17H11Cl3O. The highest BCUT2D eigenvalue weighted by Gasteiger charge is 2.27. The Kier molecular flexibility index (Phi) is 4.08. The summed E-state index contributed by atoms with van der Waals surface area (Å²) in [5.41, 5.74) is 3.65. The average molecular weight is 338 g/mol. The lowest BCUT2D eigenvalue weighted by atomic mass is 9.79. The molecule has 1 atom stereocenters. The van der Waals surface area contributed by atoms with Crippen LogP contribution in [0.4, 0.5) is 0 Å². The van der Waals surface area contributed by atoms with Gasteiger partial charge in [0.15, 0.2) is 0 Å². The second-order valence-corrected chi connectivity index (χ2v) is 6.17. The molecule has 4 heteroatoms. The number of fused-ring (bicyclic) bond motifs is 1. The quantitative estimate of drug-likeness (QED) is 0.644. The molecule has 0 bridgehead atoms. The predicted molar refractivity (Wildman–Crippen MR) is 88.2 cm³/mol. The number of carbonyl (C=O) groups is 1. The van der Waals surface area contributed by atoms with Crippen LogP contribution in [0.3, 0.4) is 0 Å². The zero-order valence-electron chi connectivity index (χ0n) is 10.9. The first-order valence-corrected chi connectivity index (χ1v) is 7.63. The van der Waals surface area contributed by atoms with E-state index in [1.807, 2.05) is 36.4 Å². The number of carbonyl (C=O) groups excluding carboxylic acids is 1. The molecule has 2 aromatic carbocycles. The fraction of sp³-hybridized carbons (Fsp3) is 0.118. The second-order valence-electron chi connectivity index (χ2n) is 4.97. The van der Waals surface area contributed by atoms with Crippen molar-refractivity contribution in [3.8, 4) is 0 Å². The van der Waals surface area contributed by atoms with Crippen molar-refractivity contribution in [3.63, 3.8) is 0 Å². The van der Waals surface area contributed by atoms with Gasteiger partial charge in [-0.1, -0.05) is 65.1 Å². The highest BCUT2D eigenvalue weighted by molar-refractivity contribution is 6.50. The molecule has 0 amide bonds. The Hall–Kier alpha value is -1.28. The van der Waals surface area contributed by atoms with Crippen molar-refractivity contribution in [2.24, 2.45) is 0 Å². The van der Waals surface area contributed by atoms with Crippen LogP contribution in [0.1, 0.15) is 29.0 Å². The van der Waals surface area contributed by atoms with Crippen molar-refractivity contribution in [2.45, 2.75) is 12.3 Å². The summed E-state index contributed by atoms with van der Waals surface area (Å²) in [6, 6.07) is 13.4. The first-order valence-electron chi connectivity index (χ1n) is 6.50. The molecule has 106 valence electrons. The second kappa shape index (κ2) is 5.84. The van der Waals surface area contributed by atoms with E-state index in [-0.39, 0.29) is 5.92 Å². The number of halogens is 3. The molecule has 0 aliphatic heterocycles. The number of hydrogen-bond donors (Lipinski definition) is 0. The number of allylic oxidation sites excluding steroid dienone is 1. The van der Waals surface area contributed by atoms with Crippen LogP contribution in [0, 0.1) is 0 Å². The first-order chi connectivity index (χ1) is 10.1. The highest BCUT2D eigenvalue weighted by Crippen LogP contribution is 2.43. The van der Waals surface area contributed by atoms with Crippen molar-refractivity contribution in [1.82, 2.24) is 0 Å². The van der Waals surface area contributed by atoms with Crippen LogP contribution in [0.2, 0.25) is 10.0 Å². The summed E-state index contributed by atoms with van der Waals surface area (Å²) in [6.45, 7) is 0. The third-order valence-corrected chi connectivity index (χ3v) is 4.95. The minimum absolute atomic E-state index is 0.0543. The lowest BCUT2D eigenvalue weighted by Crippen LogP contribution is -2.11. The number of rotatable bonds is 2. The topological polar surface area (TPSA) is 17.1 Å². The summed E-state index contributed by atoms with van der Waals surface area (Å²) in [5, 5.41) is 1.57. The molecule has 0 spiro atoms. The van der Waals surface area contributed by atoms with Gasteiger partial charge < -0.3 is 0 Å². The van der Waals surface area contributed by atoms with E-state index in [1.54, 1.807) is 6.07 Å². The Balaban J connectivity index is 2.16. The summed E-state index contributed by atoms with van der Waals surface area (Å²) in [7, 11) is 0. The standard InChI is InChI=1S/C17H11Cl3O/c18-15-6-5-10(8-16(15)19)14-7-11(9-21)17(20)13-4-2-1-3-12(13)14/h1-6,8-9,14H,7H2. The molecule has 2 aromatic rings. The monoisotopic (exact) mass is 336 g/mol. The number of aldehydes is 1. The lowest BCUT2D eigenvalue weighted by molar-refractivity contribution is -0.105. The molecule has 1 unspecified atom stereocenters. The SMILES string of the molecule is O=CC1=C(Cl)c2ccccc2C(c2ccc(Cl)c(Cl)c2)C1. The summed E-state index contributed by atoms with van der Waals surface area (Å²) in [4.78, 5) is 11.3. The molecule has 0 aromatic heterocycles. The van der Waals surface area contributed by atoms with E-state index in [1.165, 1.54) is 0 Å². The van der Waals surface area contributed by atoms with Gasteiger partial charge >= 0.3 is 0 Å². The van der Waals surface area contributed by atoms with Crippen LogP contribution in [0.25, 0.3) is 5.03 Å². The van der Waals surface area contributed by atoms with Gasteiger partial charge in [-0.15, -0.1) is 0 Å². The first kappa shape index (κ1) is 14.6. The van der Waals surface area contributed by atoms with Crippen LogP contribution in [0.5, 0.6) is 0 Å². The van der Waals surface area contributed by atoms with Crippen LogP contribution in [-0.4, -0.2) is 6.29 Å². The van der Waals surface area contributed by atoms with Crippen molar-refractivity contribution in [3.05, 3.63) is 74.8 Å².